The van der Waals surface area contributed by atoms with Crippen molar-refractivity contribution in [1.29, 1.82) is 0 Å². The summed E-state index contributed by atoms with van der Waals surface area (Å²) in [4.78, 5) is 29.0. The Morgan fingerprint density at radius 2 is 1.72 bits per heavy atom. The van der Waals surface area contributed by atoms with Gasteiger partial charge in [0.15, 0.2) is 0 Å². The fourth-order valence-electron chi connectivity index (χ4n) is 4.73. The molecular weight excluding hydrogens is 424 g/mol. The van der Waals surface area contributed by atoms with Crippen molar-refractivity contribution in [1.82, 2.24) is 10.3 Å². The van der Waals surface area contributed by atoms with Gasteiger partial charge in [-0.2, -0.15) is 0 Å². The van der Waals surface area contributed by atoms with Gasteiger partial charge in [0, 0.05) is 53.4 Å². The summed E-state index contributed by atoms with van der Waals surface area (Å²) in [5.74, 6) is 0.333. The lowest BCUT2D eigenvalue weighted by molar-refractivity contribution is -0.123. The molecule has 2 fully saturated rings. The number of nitrogens with one attached hydrogen (secondary N) is 2. The van der Waals surface area contributed by atoms with Gasteiger partial charge in [0.25, 0.3) is 0 Å². The van der Waals surface area contributed by atoms with Crippen molar-refractivity contribution in [3.63, 3.8) is 0 Å². The second kappa shape index (κ2) is 10.0. The van der Waals surface area contributed by atoms with Gasteiger partial charge >= 0.3 is 0 Å². The number of hydrogen-bond acceptors (Lipinski definition) is 4. The first kappa shape index (κ1) is 22.7. The molecule has 2 saturated carbocycles. The number of aromatic nitrogens is 1. The minimum atomic E-state index is -0.176. The number of pyridine rings is 1. The van der Waals surface area contributed by atoms with Crippen molar-refractivity contribution >= 4 is 29.1 Å². The van der Waals surface area contributed by atoms with Crippen LogP contribution in [0.3, 0.4) is 0 Å². The lowest BCUT2D eigenvalue weighted by Gasteiger charge is -2.31. The summed E-state index contributed by atoms with van der Waals surface area (Å²) in [6, 6.07) is 11.3. The number of anilines is 1. The van der Waals surface area contributed by atoms with Crippen LogP contribution < -0.4 is 16.4 Å². The van der Waals surface area contributed by atoms with Gasteiger partial charge < -0.3 is 16.4 Å². The summed E-state index contributed by atoms with van der Waals surface area (Å²) in [6.45, 7) is 0.641. The Balaban J connectivity index is 1.19. The highest BCUT2D eigenvalue weighted by Gasteiger charge is 2.44. The average molecular weight is 455 g/mol. The molecule has 0 bridgehead atoms. The molecule has 0 radical (unpaired) electrons. The van der Waals surface area contributed by atoms with Crippen molar-refractivity contribution in [3.8, 4) is 0 Å². The molecule has 7 heteroatoms. The van der Waals surface area contributed by atoms with Gasteiger partial charge in [0.05, 0.1) is 0 Å². The molecule has 1 atom stereocenters. The molecule has 170 valence electrons. The Bertz CT molecular complexity index is 923. The van der Waals surface area contributed by atoms with E-state index in [1.54, 1.807) is 24.5 Å². The first-order valence-electron chi connectivity index (χ1n) is 11.4. The summed E-state index contributed by atoms with van der Waals surface area (Å²) in [7, 11) is 0. The fraction of sp³-hybridized carbons (Fsp3) is 0.480. The van der Waals surface area contributed by atoms with E-state index in [0.29, 0.717) is 13.0 Å². The highest BCUT2D eigenvalue weighted by Crippen LogP contribution is 2.47. The number of halogens is 1. The second-order valence-electron chi connectivity index (χ2n) is 9.27. The van der Waals surface area contributed by atoms with Crippen molar-refractivity contribution in [3.05, 3.63) is 59.4 Å². The lowest BCUT2D eigenvalue weighted by Crippen LogP contribution is -2.41. The maximum absolute atomic E-state index is 12.6. The first-order valence-corrected chi connectivity index (χ1v) is 11.8. The molecule has 0 saturated heterocycles. The highest BCUT2D eigenvalue weighted by molar-refractivity contribution is 6.30. The van der Waals surface area contributed by atoms with Crippen LogP contribution in [0.25, 0.3) is 0 Å². The van der Waals surface area contributed by atoms with Gasteiger partial charge in [-0.3, -0.25) is 14.6 Å². The van der Waals surface area contributed by atoms with E-state index < -0.39 is 0 Å². The Morgan fingerprint density at radius 1 is 1.06 bits per heavy atom. The summed E-state index contributed by atoms with van der Waals surface area (Å²) in [6.07, 6.45) is 9.16. The van der Waals surface area contributed by atoms with Gasteiger partial charge in [-0.1, -0.05) is 23.7 Å². The number of rotatable bonds is 8. The van der Waals surface area contributed by atoms with Crippen LogP contribution in [0, 0.1) is 11.8 Å². The van der Waals surface area contributed by atoms with Crippen LogP contribution in [0.2, 0.25) is 5.02 Å². The van der Waals surface area contributed by atoms with Gasteiger partial charge in [-0.05, 0) is 74.3 Å². The second-order valence-corrected chi connectivity index (χ2v) is 9.71. The molecule has 1 aromatic heterocycles. The molecule has 1 heterocycles. The van der Waals surface area contributed by atoms with E-state index >= 15 is 0 Å². The molecule has 1 aromatic carbocycles. The molecule has 2 aliphatic carbocycles. The zero-order valence-corrected chi connectivity index (χ0v) is 19.0. The minimum Gasteiger partial charge on any atom is -0.355 e. The smallest absolute Gasteiger partial charge is 0.227 e. The number of carbonyl (C=O) groups excluding carboxylic acids is 2. The molecule has 4 rings (SSSR count). The van der Waals surface area contributed by atoms with Crippen LogP contribution in [0.1, 0.15) is 50.5 Å². The van der Waals surface area contributed by atoms with Gasteiger partial charge in [0.2, 0.25) is 11.8 Å². The van der Waals surface area contributed by atoms with E-state index in [4.69, 9.17) is 17.3 Å². The third-order valence-corrected chi connectivity index (χ3v) is 7.30. The summed E-state index contributed by atoms with van der Waals surface area (Å²) < 4.78 is 0. The Labute approximate surface area is 194 Å². The van der Waals surface area contributed by atoms with E-state index in [-0.39, 0.29) is 35.1 Å². The number of nitrogens with zero attached hydrogens (tertiary/aromatic N) is 1. The van der Waals surface area contributed by atoms with E-state index in [9.17, 15) is 9.59 Å². The first-order chi connectivity index (χ1) is 15.4. The molecule has 1 unspecified atom stereocenters. The molecule has 6 nitrogen and oxygen atoms in total. The van der Waals surface area contributed by atoms with E-state index in [1.807, 2.05) is 12.1 Å². The lowest BCUT2D eigenvalue weighted by atomic mass is 9.77. The largest absolute Gasteiger partial charge is 0.355 e. The molecular formula is C25H31ClN4O2. The van der Waals surface area contributed by atoms with Crippen LogP contribution in [0.5, 0.6) is 0 Å². The SMILES string of the molecule is NC(CC(=O)NCC1(c2ccc(Cl)cc2)CC1)C1CCC(C(=O)Nc2ccncc2)CC1. The molecule has 2 aliphatic rings. The number of hydrogen-bond donors (Lipinski definition) is 3. The van der Waals surface area contributed by atoms with Crippen LogP contribution in [0.15, 0.2) is 48.8 Å². The molecule has 0 spiro atoms. The summed E-state index contributed by atoms with van der Waals surface area (Å²) in [5.41, 5.74) is 8.44. The normalized spacial score (nSPS) is 22.6. The van der Waals surface area contributed by atoms with Crippen LogP contribution >= 0.6 is 11.6 Å². The summed E-state index contributed by atoms with van der Waals surface area (Å²) in [5, 5.41) is 6.79. The Morgan fingerprint density at radius 3 is 2.34 bits per heavy atom. The van der Waals surface area contributed by atoms with Gasteiger partial charge in [-0.25, -0.2) is 0 Å². The van der Waals surface area contributed by atoms with Gasteiger partial charge in [-0.15, -0.1) is 0 Å². The standard InChI is InChI=1S/C25H31ClN4O2/c26-20-7-5-19(6-8-20)25(11-12-25)16-29-23(31)15-22(27)17-1-3-18(4-2-17)24(32)30-21-9-13-28-14-10-21/h5-10,13-14,17-18,22H,1-4,11-12,15-16,27H2,(H,29,31)(H,28,30,32). The quantitative estimate of drug-likeness (QED) is 0.560. The molecule has 2 aromatic rings. The third-order valence-electron chi connectivity index (χ3n) is 7.05. The average Bonchev–Trinajstić information content (AvgIpc) is 3.60. The van der Waals surface area contributed by atoms with Crippen molar-refractivity contribution in [2.75, 3.05) is 11.9 Å². The van der Waals surface area contributed by atoms with E-state index in [0.717, 1.165) is 49.2 Å². The van der Waals surface area contributed by atoms with E-state index in [2.05, 4.69) is 27.8 Å². The predicted octanol–water partition coefficient (Wildman–Crippen LogP) is 4.05. The van der Waals surface area contributed by atoms with Crippen molar-refractivity contribution in [2.45, 2.75) is 56.4 Å². The number of nitrogens with two attached hydrogens (primary N) is 1. The topological polar surface area (TPSA) is 97.1 Å². The number of amides is 2. The minimum absolute atomic E-state index is 0.00505. The highest BCUT2D eigenvalue weighted by atomic mass is 35.5. The zero-order valence-electron chi connectivity index (χ0n) is 18.2. The number of carbonyl (C=O) groups is 2. The fourth-order valence-corrected chi connectivity index (χ4v) is 4.86. The molecule has 0 aliphatic heterocycles. The predicted molar refractivity (Wildman–Crippen MR) is 126 cm³/mol. The summed E-state index contributed by atoms with van der Waals surface area (Å²) >= 11 is 6.00. The Hall–Kier alpha value is -2.44. The van der Waals surface area contributed by atoms with Crippen LogP contribution in [-0.2, 0) is 15.0 Å². The van der Waals surface area contributed by atoms with Crippen LogP contribution in [-0.4, -0.2) is 29.4 Å². The van der Waals surface area contributed by atoms with E-state index in [1.165, 1.54) is 5.56 Å². The van der Waals surface area contributed by atoms with Crippen LogP contribution in [0.4, 0.5) is 5.69 Å². The third kappa shape index (κ3) is 5.67. The number of benzene rings is 1. The maximum atomic E-state index is 12.6. The Kier molecular flexibility index (Phi) is 7.11. The maximum Gasteiger partial charge on any atom is 0.227 e. The van der Waals surface area contributed by atoms with Gasteiger partial charge in [0.1, 0.15) is 0 Å². The van der Waals surface area contributed by atoms with Crippen molar-refractivity contribution < 1.29 is 9.59 Å². The zero-order chi connectivity index (χ0) is 22.6. The van der Waals surface area contributed by atoms with Crippen molar-refractivity contribution in [2.24, 2.45) is 17.6 Å². The molecule has 32 heavy (non-hydrogen) atoms. The monoisotopic (exact) mass is 454 g/mol. The molecule has 2 amide bonds. The molecule has 4 N–H and O–H groups in total.